The van der Waals surface area contributed by atoms with Gasteiger partial charge in [-0.2, -0.15) is 0 Å². The molecule has 0 amide bonds. The van der Waals surface area contributed by atoms with Crippen molar-refractivity contribution in [2.24, 2.45) is 4.99 Å². The van der Waals surface area contributed by atoms with E-state index in [0.29, 0.717) is 5.71 Å². The summed E-state index contributed by atoms with van der Waals surface area (Å²) >= 11 is 0. The van der Waals surface area contributed by atoms with Crippen molar-refractivity contribution >= 4 is 17.8 Å². The Hall–Kier alpha value is -1.94. The molecule has 0 spiro atoms. The lowest BCUT2D eigenvalue weighted by atomic mass is 9.93. The molecule has 1 aliphatic carbocycles. The quantitative estimate of drug-likeness (QED) is 0.806. The molecule has 0 heterocycles. The molecule has 1 aromatic rings. The molecule has 17 heavy (non-hydrogen) atoms. The van der Waals surface area contributed by atoms with Gasteiger partial charge in [0.2, 0.25) is 0 Å². The number of nitrogens with zero attached hydrogens (tertiary/aromatic N) is 1. The van der Waals surface area contributed by atoms with E-state index in [-0.39, 0.29) is 0 Å². The van der Waals surface area contributed by atoms with Crippen LogP contribution in [-0.4, -0.2) is 34.0 Å². The van der Waals surface area contributed by atoms with Crippen LogP contribution in [0, 0.1) is 0 Å². The summed E-state index contributed by atoms with van der Waals surface area (Å²) in [5.74, 6) is -1.00. The van der Waals surface area contributed by atoms with E-state index in [1.54, 1.807) is 6.08 Å². The van der Waals surface area contributed by atoms with Crippen molar-refractivity contribution in [1.29, 1.82) is 0 Å². The van der Waals surface area contributed by atoms with Gasteiger partial charge in [0.15, 0.2) is 0 Å². The standard InChI is InChI=1S/C13H13NO3/c1-8(13(16)17)14-12-10-5-3-2-4-9(10)6-7-11(12)15/h2-8,11,15H,1H3,(H,16,17)/t8-,11?/m0/s1. The van der Waals surface area contributed by atoms with Crippen molar-refractivity contribution in [2.45, 2.75) is 19.1 Å². The largest absolute Gasteiger partial charge is 0.480 e. The summed E-state index contributed by atoms with van der Waals surface area (Å²) < 4.78 is 0. The second-order valence-electron chi connectivity index (χ2n) is 3.92. The topological polar surface area (TPSA) is 69.9 Å². The molecule has 0 saturated carbocycles. The molecule has 0 saturated heterocycles. The molecule has 2 rings (SSSR count). The fraction of sp³-hybridized carbons (Fsp3) is 0.231. The predicted octanol–water partition coefficient (Wildman–Crippen LogP) is 1.34. The number of carbonyl (C=O) groups is 1. The Kier molecular flexibility index (Phi) is 3.06. The van der Waals surface area contributed by atoms with Crippen LogP contribution in [0.25, 0.3) is 6.08 Å². The Labute approximate surface area is 98.9 Å². The molecule has 1 unspecified atom stereocenters. The van der Waals surface area contributed by atoms with Crippen molar-refractivity contribution in [3.05, 3.63) is 41.5 Å². The summed E-state index contributed by atoms with van der Waals surface area (Å²) in [6, 6.07) is 6.60. The highest BCUT2D eigenvalue weighted by Crippen LogP contribution is 2.20. The van der Waals surface area contributed by atoms with Gasteiger partial charge < -0.3 is 10.2 Å². The minimum absolute atomic E-state index is 0.415. The van der Waals surface area contributed by atoms with Crippen LogP contribution >= 0.6 is 0 Å². The van der Waals surface area contributed by atoms with Crippen LogP contribution in [0.4, 0.5) is 0 Å². The summed E-state index contributed by atoms with van der Waals surface area (Å²) in [7, 11) is 0. The number of rotatable bonds is 2. The second-order valence-corrected chi connectivity index (χ2v) is 3.92. The maximum atomic E-state index is 10.8. The number of aliphatic hydroxyl groups is 1. The number of benzene rings is 1. The first-order chi connectivity index (χ1) is 8.09. The molecular weight excluding hydrogens is 218 g/mol. The van der Waals surface area contributed by atoms with Gasteiger partial charge in [-0.3, -0.25) is 4.99 Å². The van der Waals surface area contributed by atoms with Crippen molar-refractivity contribution in [3.8, 4) is 0 Å². The van der Waals surface area contributed by atoms with Gasteiger partial charge in [0.1, 0.15) is 12.1 Å². The smallest absolute Gasteiger partial charge is 0.328 e. The first-order valence-electron chi connectivity index (χ1n) is 5.36. The van der Waals surface area contributed by atoms with E-state index in [4.69, 9.17) is 5.11 Å². The number of carboxylic acid groups (broad SMARTS) is 1. The van der Waals surface area contributed by atoms with Crippen molar-refractivity contribution in [2.75, 3.05) is 0 Å². The van der Waals surface area contributed by atoms with Gasteiger partial charge in [0.05, 0.1) is 5.71 Å². The normalized spacial score (nSPS) is 22.2. The predicted molar refractivity (Wildman–Crippen MR) is 65.1 cm³/mol. The maximum absolute atomic E-state index is 10.8. The lowest BCUT2D eigenvalue weighted by molar-refractivity contribution is -0.137. The SMILES string of the molecule is C[C@H](N=C1c2ccccc2C=CC1O)C(=O)O. The van der Waals surface area contributed by atoms with E-state index >= 15 is 0 Å². The zero-order chi connectivity index (χ0) is 12.4. The van der Waals surface area contributed by atoms with Crippen LogP contribution in [0.3, 0.4) is 0 Å². The molecule has 1 aliphatic rings. The van der Waals surface area contributed by atoms with Gasteiger partial charge in [-0.15, -0.1) is 0 Å². The molecule has 88 valence electrons. The molecule has 0 fully saturated rings. The first kappa shape index (κ1) is 11.5. The molecule has 1 aromatic carbocycles. The zero-order valence-electron chi connectivity index (χ0n) is 9.37. The van der Waals surface area contributed by atoms with Crippen LogP contribution in [0.5, 0.6) is 0 Å². The van der Waals surface area contributed by atoms with E-state index in [1.165, 1.54) is 6.92 Å². The van der Waals surface area contributed by atoms with Gasteiger partial charge in [-0.05, 0) is 18.6 Å². The Morgan fingerprint density at radius 1 is 1.41 bits per heavy atom. The Balaban J connectivity index is 2.46. The lowest BCUT2D eigenvalue weighted by Crippen LogP contribution is -2.26. The Bertz CT molecular complexity index is 505. The van der Waals surface area contributed by atoms with Gasteiger partial charge >= 0.3 is 5.97 Å². The molecule has 0 aliphatic heterocycles. The average molecular weight is 231 g/mol. The third kappa shape index (κ3) is 2.26. The monoisotopic (exact) mass is 231 g/mol. The van der Waals surface area contributed by atoms with Crippen molar-refractivity contribution in [1.82, 2.24) is 0 Å². The van der Waals surface area contributed by atoms with Gasteiger partial charge in [0.25, 0.3) is 0 Å². The molecule has 4 nitrogen and oxygen atoms in total. The second kappa shape index (κ2) is 4.51. The van der Waals surface area contributed by atoms with E-state index < -0.39 is 18.1 Å². The molecule has 0 bridgehead atoms. The Morgan fingerprint density at radius 3 is 2.82 bits per heavy atom. The van der Waals surface area contributed by atoms with Gasteiger partial charge in [-0.25, -0.2) is 4.79 Å². The minimum atomic E-state index is -1.00. The highest BCUT2D eigenvalue weighted by molar-refractivity contribution is 6.10. The van der Waals surface area contributed by atoms with Crippen LogP contribution in [0.15, 0.2) is 35.3 Å². The number of aliphatic carboxylic acids is 1. The highest BCUT2D eigenvalue weighted by Gasteiger charge is 2.21. The number of hydrogen-bond acceptors (Lipinski definition) is 3. The number of hydrogen-bond donors (Lipinski definition) is 2. The average Bonchev–Trinajstić information content (AvgIpc) is 2.32. The summed E-state index contributed by atoms with van der Waals surface area (Å²) in [6.45, 7) is 1.49. The number of aliphatic imine (C=N–C) groups is 1. The number of aliphatic hydroxyl groups excluding tert-OH is 1. The van der Waals surface area contributed by atoms with Crippen molar-refractivity contribution in [3.63, 3.8) is 0 Å². The van der Waals surface area contributed by atoms with Crippen LogP contribution < -0.4 is 0 Å². The van der Waals surface area contributed by atoms with Crippen LogP contribution in [0.2, 0.25) is 0 Å². The third-order valence-electron chi connectivity index (χ3n) is 2.67. The summed E-state index contributed by atoms with van der Waals surface area (Å²) in [4.78, 5) is 14.9. The third-order valence-corrected chi connectivity index (χ3v) is 2.67. The Morgan fingerprint density at radius 2 is 2.12 bits per heavy atom. The minimum Gasteiger partial charge on any atom is -0.480 e. The van der Waals surface area contributed by atoms with E-state index in [1.807, 2.05) is 30.3 Å². The molecule has 2 atom stereocenters. The first-order valence-corrected chi connectivity index (χ1v) is 5.36. The van der Waals surface area contributed by atoms with Crippen LogP contribution in [0.1, 0.15) is 18.1 Å². The van der Waals surface area contributed by atoms with Gasteiger partial charge in [0, 0.05) is 5.56 Å². The van der Waals surface area contributed by atoms with E-state index in [2.05, 4.69) is 4.99 Å². The van der Waals surface area contributed by atoms with Crippen LogP contribution in [-0.2, 0) is 4.79 Å². The fourth-order valence-corrected chi connectivity index (χ4v) is 1.73. The fourth-order valence-electron chi connectivity index (χ4n) is 1.73. The molecule has 0 radical (unpaired) electrons. The summed E-state index contributed by atoms with van der Waals surface area (Å²) in [5.41, 5.74) is 2.14. The van der Waals surface area contributed by atoms with Gasteiger partial charge in [-0.1, -0.05) is 30.3 Å². The lowest BCUT2D eigenvalue weighted by Gasteiger charge is -2.18. The molecule has 2 N–H and O–H groups in total. The summed E-state index contributed by atoms with van der Waals surface area (Å²) in [5, 5.41) is 18.7. The van der Waals surface area contributed by atoms with Crippen molar-refractivity contribution < 1.29 is 15.0 Å². The summed E-state index contributed by atoms with van der Waals surface area (Å²) in [6.07, 6.45) is 2.58. The zero-order valence-corrected chi connectivity index (χ0v) is 9.37. The molecule has 0 aromatic heterocycles. The number of carboxylic acids is 1. The maximum Gasteiger partial charge on any atom is 0.328 e. The van der Waals surface area contributed by atoms with E-state index in [0.717, 1.165) is 11.1 Å². The highest BCUT2D eigenvalue weighted by atomic mass is 16.4. The molecular formula is C13H13NO3. The molecule has 4 heteroatoms. The number of fused-ring (bicyclic) bond motifs is 1. The van der Waals surface area contributed by atoms with E-state index in [9.17, 15) is 9.90 Å².